The Morgan fingerprint density at radius 3 is 2.84 bits per heavy atom. The van der Waals surface area contributed by atoms with E-state index in [1.807, 2.05) is 23.6 Å². The minimum absolute atomic E-state index is 0.175. The van der Waals surface area contributed by atoms with E-state index < -0.39 is 0 Å². The van der Waals surface area contributed by atoms with Gasteiger partial charge in [-0.2, -0.15) is 0 Å². The molecule has 0 aliphatic heterocycles. The molecule has 19 heavy (non-hydrogen) atoms. The second kappa shape index (κ2) is 6.27. The Kier molecular flexibility index (Phi) is 4.68. The van der Waals surface area contributed by atoms with Gasteiger partial charge in [0.15, 0.2) is 0 Å². The molecule has 0 saturated carbocycles. The maximum Gasteiger partial charge on any atom is 0.324 e. The Bertz CT molecular complexity index is 586. The van der Waals surface area contributed by atoms with Gasteiger partial charge in [-0.3, -0.25) is 10.1 Å². The molecule has 2 aromatic rings. The van der Waals surface area contributed by atoms with Crippen LogP contribution >= 0.6 is 27.3 Å². The van der Waals surface area contributed by atoms with Crippen LogP contribution in [0.1, 0.15) is 24.1 Å². The van der Waals surface area contributed by atoms with Crippen molar-refractivity contribution in [3.05, 3.63) is 61.4 Å². The molecule has 1 N–H and O–H groups in total. The molecule has 0 fully saturated rings. The van der Waals surface area contributed by atoms with Crippen molar-refractivity contribution in [3.63, 3.8) is 0 Å². The van der Waals surface area contributed by atoms with Crippen molar-refractivity contribution in [1.82, 2.24) is 5.32 Å². The molecule has 6 heteroatoms. The lowest BCUT2D eigenvalue weighted by molar-refractivity contribution is -0.380. The molecule has 1 heterocycles. The molecule has 2 rings (SSSR count). The molecule has 0 radical (unpaired) electrons. The highest BCUT2D eigenvalue weighted by Crippen LogP contribution is 2.25. The van der Waals surface area contributed by atoms with Gasteiger partial charge >= 0.3 is 5.00 Å². The van der Waals surface area contributed by atoms with Gasteiger partial charge in [0, 0.05) is 28.5 Å². The van der Waals surface area contributed by atoms with Gasteiger partial charge in [-0.05, 0) is 24.1 Å². The lowest BCUT2D eigenvalue weighted by Gasteiger charge is -2.15. The number of nitrogens with zero attached hydrogens (tertiary/aromatic N) is 1. The fraction of sp³-hybridized carbons (Fsp3) is 0.231. The summed E-state index contributed by atoms with van der Waals surface area (Å²) in [7, 11) is 0. The Hall–Kier alpha value is -1.24. The van der Waals surface area contributed by atoms with Crippen molar-refractivity contribution in [2.75, 3.05) is 0 Å². The summed E-state index contributed by atoms with van der Waals surface area (Å²) in [6.07, 6.45) is 0. The van der Waals surface area contributed by atoms with Gasteiger partial charge in [-0.25, -0.2) is 0 Å². The summed E-state index contributed by atoms with van der Waals surface area (Å²) in [5.41, 5.74) is 2.11. The SMILES string of the molecule is C[C@@H](NCc1csc([N+](=O)[O-])c1)c1ccccc1Br. The van der Waals surface area contributed by atoms with Crippen molar-refractivity contribution in [3.8, 4) is 0 Å². The minimum atomic E-state index is -0.356. The average Bonchev–Trinajstić information content (AvgIpc) is 2.85. The zero-order valence-electron chi connectivity index (χ0n) is 10.3. The Morgan fingerprint density at radius 1 is 1.47 bits per heavy atom. The summed E-state index contributed by atoms with van der Waals surface area (Å²) >= 11 is 4.68. The molecule has 0 spiro atoms. The Balaban J connectivity index is 1.98. The van der Waals surface area contributed by atoms with Crippen LogP contribution in [-0.2, 0) is 6.54 Å². The second-order valence-corrected chi connectivity index (χ2v) is 5.92. The van der Waals surface area contributed by atoms with Crippen LogP contribution in [0.2, 0.25) is 0 Å². The number of hydrogen-bond acceptors (Lipinski definition) is 4. The van der Waals surface area contributed by atoms with Crippen LogP contribution in [0.4, 0.5) is 5.00 Å². The van der Waals surface area contributed by atoms with Crippen molar-refractivity contribution >= 4 is 32.3 Å². The van der Waals surface area contributed by atoms with Gasteiger partial charge in [0.1, 0.15) is 0 Å². The fourth-order valence-corrected chi connectivity index (χ4v) is 3.12. The first-order chi connectivity index (χ1) is 9.08. The molecule has 1 atom stereocenters. The third-order valence-electron chi connectivity index (χ3n) is 2.80. The van der Waals surface area contributed by atoms with E-state index in [0.717, 1.165) is 21.4 Å². The number of hydrogen-bond donors (Lipinski definition) is 1. The van der Waals surface area contributed by atoms with E-state index in [0.29, 0.717) is 6.54 Å². The molecule has 4 nitrogen and oxygen atoms in total. The van der Waals surface area contributed by atoms with E-state index in [2.05, 4.69) is 34.2 Å². The predicted octanol–water partition coefficient (Wildman–Crippen LogP) is 4.27. The van der Waals surface area contributed by atoms with E-state index >= 15 is 0 Å². The summed E-state index contributed by atoms with van der Waals surface area (Å²) in [5.74, 6) is 0. The van der Waals surface area contributed by atoms with Crippen LogP contribution in [0, 0.1) is 10.1 Å². The Morgan fingerprint density at radius 2 is 2.21 bits per heavy atom. The van der Waals surface area contributed by atoms with Gasteiger partial charge in [-0.15, -0.1) is 0 Å². The summed E-state index contributed by atoms with van der Waals surface area (Å²) in [6.45, 7) is 2.69. The molecular weight excluding hydrogens is 328 g/mol. The first kappa shape index (κ1) is 14.2. The Labute approximate surface area is 123 Å². The van der Waals surface area contributed by atoms with E-state index in [1.165, 1.54) is 5.56 Å². The third kappa shape index (κ3) is 3.62. The van der Waals surface area contributed by atoms with Gasteiger partial charge < -0.3 is 5.32 Å². The van der Waals surface area contributed by atoms with Gasteiger partial charge in [0.25, 0.3) is 0 Å². The van der Waals surface area contributed by atoms with Crippen LogP contribution < -0.4 is 5.32 Å². The van der Waals surface area contributed by atoms with Crippen molar-refractivity contribution in [2.24, 2.45) is 0 Å². The van der Waals surface area contributed by atoms with Crippen LogP contribution in [0.15, 0.2) is 40.2 Å². The molecule has 0 bridgehead atoms. The van der Waals surface area contributed by atoms with Crippen molar-refractivity contribution in [2.45, 2.75) is 19.5 Å². The number of nitrogens with one attached hydrogen (secondary N) is 1. The summed E-state index contributed by atoms with van der Waals surface area (Å²) in [6, 6.07) is 9.82. The average molecular weight is 341 g/mol. The summed E-state index contributed by atoms with van der Waals surface area (Å²) in [4.78, 5) is 10.3. The first-order valence-electron chi connectivity index (χ1n) is 5.77. The van der Waals surface area contributed by atoms with E-state index in [9.17, 15) is 10.1 Å². The third-order valence-corrected chi connectivity index (χ3v) is 4.46. The molecule has 0 aliphatic rings. The number of rotatable bonds is 5. The maximum absolute atomic E-state index is 10.6. The normalized spacial score (nSPS) is 12.3. The van der Waals surface area contributed by atoms with E-state index in [4.69, 9.17) is 0 Å². The molecular formula is C13H13BrN2O2S. The standard InChI is InChI=1S/C13H13BrN2O2S/c1-9(11-4-2-3-5-12(11)14)15-7-10-6-13(16(17)18)19-8-10/h2-6,8-9,15H,7H2,1H3/t9-/m1/s1. The smallest absolute Gasteiger partial charge is 0.306 e. The zero-order valence-corrected chi connectivity index (χ0v) is 12.7. The zero-order chi connectivity index (χ0) is 13.8. The summed E-state index contributed by atoms with van der Waals surface area (Å²) in [5, 5.41) is 16.0. The molecule has 100 valence electrons. The van der Waals surface area contributed by atoms with Crippen LogP contribution in [-0.4, -0.2) is 4.92 Å². The highest BCUT2D eigenvalue weighted by atomic mass is 79.9. The van der Waals surface area contributed by atoms with E-state index in [1.54, 1.807) is 6.07 Å². The van der Waals surface area contributed by atoms with Crippen molar-refractivity contribution < 1.29 is 4.92 Å². The van der Waals surface area contributed by atoms with Gasteiger partial charge in [0.05, 0.1) is 4.92 Å². The second-order valence-electron chi connectivity index (χ2n) is 4.17. The lowest BCUT2D eigenvalue weighted by Crippen LogP contribution is -2.18. The molecule has 0 amide bonds. The van der Waals surface area contributed by atoms with Gasteiger partial charge in [-0.1, -0.05) is 45.5 Å². The van der Waals surface area contributed by atoms with Crippen molar-refractivity contribution in [1.29, 1.82) is 0 Å². The summed E-state index contributed by atoms with van der Waals surface area (Å²) < 4.78 is 1.06. The molecule has 0 saturated heterocycles. The highest BCUT2D eigenvalue weighted by Gasteiger charge is 2.12. The first-order valence-corrected chi connectivity index (χ1v) is 7.45. The topological polar surface area (TPSA) is 55.2 Å². The number of halogens is 1. The molecule has 1 aromatic heterocycles. The van der Waals surface area contributed by atoms with Gasteiger partial charge in [0.2, 0.25) is 0 Å². The fourth-order valence-electron chi connectivity index (χ4n) is 1.76. The largest absolute Gasteiger partial charge is 0.324 e. The van der Waals surface area contributed by atoms with Crippen LogP contribution in [0.5, 0.6) is 0 Å². The number of nitro groups is 1. The van der Waals surface area contributed by atoms with Crippen LogP contribution in [0.25, 0.3) is 0 Å². The predicted molar refractivity (Wildman–Crippen MR) is 80.4 cm³/mol. The molecule has 1 aromatic carbocycles. The number of benzene rings is 1. The maximum atomic E-state index is 10.6. The molecule has 0 unspecified atom stereocenters. The van der Waals surface area contributed by atoms with E-state index in [-0.39, 0.29) is 16.0 Å². The van der Waals surface area contributed by atoms with Crippen LogP contribution in [0.3, 0.4) is 0 Å². The minimum Gasteiger partial charge on any atom is -0.306 e. The monoisotopic (exact) mass is 340 g/mol. The number of thiophene rings is 1. The molecule has 0 aliphatic carbocycles. The highest BCUT2D eigenvalue weighted by molar-refractivity contribution is 9.10. The quantitative estimate of drug-likeness (QED) is 0.653. The lowest BCUT2D eigenvalue weighted by atomic mass is 10.1.